The highest BCUT2D eigenvalue weighted by Gasteiger charge is 2.53. The van der Waals surface area contributed by atoms with Crippen molar-refractivity contribution in [2.75, 3.05) is 6.61 Å². The van der Waals surface area contributed by atoms with E-state index in [9.17, 15) is 19.5 Å². The lowest BCUT2D eigenvalue weighted by Gasteiger charge is -2.40. The zero-order valence-electron chi connectivity index (χ0n) is 16.2. The van der Waals surface area contributed by atoms with Crippen LogP contribution in [-0.2, 0) is 14.0 Å². The zero-order chi connectivity index (χ0) is 19.9. The number of carbonyl (C=O) groups excluding carboxylic acids is 1. The highest BCUT2D eigenvalue weighted by molar-refractivity contribution is 6.74. The number of nitrogens with one attached hydrogen (secondary N) is 1. The summed E-state index contributed by atoms with van der Waals surface area (Å²) in [5, 5.41) is 9.76. The van der Waals surface area contributed by atoms with Gasteiger partial charge < -0.3 is 14.3 Å². The van der Waals surface area contributed by atoms with Crippen LogP contribution in [0.3, 0.4) is 0 Å². The van der Waals surface area contributed by atoms with Crippen LogP contribution in [-0.4, -0.2) is 47.6 Å². The van der Waals surface area contributed by atoms with Gasteiger partial charge >= 0.3 is 5.69 Å². The van der Waals surface area contributed by atoms with Crippen molar-refractivity contribution in [2.24, 2.45) is 0 Å². The van der Waals surface area contributed by atoms with Gasteiger partial charge in [0.05, 0.1) is 12.7 Å². The molecule has 0 spiro atoms. The van der Waals surface area contributed by atoms with Gasteiger partial charge in [-0.3, -0.25) is 19.1 Å². The maximum Gasteiger partial charge on any atom is 0.330 e. The molecule has 2 heterocycles. The summed E-state index contributed by atoms with van der Waals surface area (Å²) >= 11 is 0. The first-order valence-corrected chi connectivity index (χ1v) is 11.5. The number of aliphatic hydroxyl groups is 1. The molecule has 1 aliphatic heterocycles. The molecule has 1 fully saturated rings. The van der Waals surface area contributed by atoms with Crippen LogP contribution in [0.2, 0.25) is 18.1 Å². The third kappa shape index (κ3) is 3.61. The highest BCUT2D eigenvalue weighted by atomic mass is 28.4. The van der Waals surface area contributed by atoms with Crippen molar-refractivity contribution < 1.29 is 19.1 Å². The average molecular weight is 385 g/mol. The third-order valence-corrected chi connectivity index (χ3v) is 9.95. The number of aliphatic hydroxyl groups excluding tert-OH is 1. The normalized spacial score (nSPS) is 26.9. The Morgan fingerprint density at radius 2 is 2.08 bits per heavy atom. The molecule has 0 unspecified atom stereocenters. The van der Waals surface area contributed by atoms with Gasteiger partial charge in [0.15, 0.2) is 20.2 Å². The van der Waals surface area contributed by atoms with Gasteiger partial charge in [-0.1, -0.05) is 20.8 Å². The number of aromatic nitrogens is 2. The van der Waals surface area contributed by atoms with Crippen molar-refractivity contribution in [3.05, 3.63) is 32.6 Å². The topological polar surface area (TPSA) is 111 Å². The second-order valence-corrected chi connectivity index (χ2v) is 13.1. The van der Waals surface area contributed by atoms with E-state index in [1.165, 1.54) is 10.8 Å². The number of nitrogens with zero attached hydrogens (tertiary/aromatic N) is 1. The smallest absolute Gasteiger partial charge is 0.330 e. The minimum absolute atomic E-state index is 0.0967. The van der Waals surface area contributed by atoms with Gasteiger partial charge in [-0.15, -0.1) is 0 Å². The SMILES string of the molecule is Cc1cn([C@H]2C[C@H](O[Si](C)(C)C(C)(C)C)[C@@](C=O)(CO)O2)c(=O)[nH]c1=O. The van der Waals surface area contributed by atoms with Crippen LogP contribution in [0.5, 0.6) is 0 Å². The van der Waals surface area contributed by atoms with Gasteiger partial charge in [-0.05, 0) is 25.1 Å². The molecule has 1 saturated heterocycles. The summed E-state index contributed by atoms with van der Waals surface area (Å²) in [7, 11) is -2.25. The largest absolute Gasteiger partial charge is 0.410 e. The summed E-state index contributed by atoms with van der Waals surface area (Å²) in [5.74, 6) is 0. The Balaban J connectivity index is 2.42. The Hall–Kier alpha value is -1.55. The fraction of sp³-hybridized carbons (Fsp3) is 0.706. The molecule has 0 saturated carbocycles. The Morgan fingerprint density at radius 1 is 1.46 bits per heavy atom. The van der Waals surface area contributed by atoms with Gasteiger partial charge in [0, 0.05) is 18.2 Å². The molecule has 0 aromatic carbocycles. The van der Waals surface area contributed by atoms with Crippen LogP contribution in [0.4, 0.5) is 0 Å². The number of H-pyrrole nitrogens is 1. The second kappa shape index (κ2) is 6.88. The minimum Gasteiger partial charge on any atom is -0.410 e. The Bertz CT molecular complexity index is 794. The molecule has 1 aromatic heterocycles. The van der Waals surface area contributed by atoms with E-state index in [1.54, 1.807) is 6.92 Å². The van der Waals surface area contributed by atoms with E-state index in [1.807, 2.05) is 13.1 Å². The lowest BCUT2D eigenvalue weighted by molar-refractivity contribution is -0.150. The van der Waals surface area contributed by atoms with Crippen molar-refractivity contribution in [1.82, 2.24) is 9.55 Å². The van der Waals surface area contributed by atoms with Crippen LogP contribution in [0, 0.1) is 6.92 Å². The van der Waals surface area contributed by atoms with Crippen LogP contribution in [0.25, 0.3) is 0 Å². The fourth-order valence-electron chi connectivity index (χ4n) is 2.69. The van der Waals surface area contributed by atoms with Crippen LogP contribution >= 0.6 is 0 Å². The zero-order valence-corrected chi connectivity index (χ0v) is 17.2. The molecule has 0 amide bonds. The van der Waals surface area contributed by atoms with E-state index in [4.69, 9.17) is 9.16 Å². The number of carbonyl (C=O) groups is 1. The second-order valence-electron chi connectivity index (χ2n) is 8.38. The molecule has 0 radical (unpaired) electrons. The van der Waals surface area contributed by atoms with E-state index in [0.29, 0.717) is 11.8 Å². The number of aldehydes is 1. The summed E-state index contributed by atoms with van der Waals surface area (Å²) < 4.78 is 13.4. The first kappa shape index (κ1) is 20.8. The minimum atomic E-state index is -2.25. The molecule has 2 rings (SSSR count). The van der Waals surface area contributed by atoms with Gasteiger partial charge in [0.25, 0.3) is 5.56 Å². The van der Waals surface area contributed by atoms with E-state index < -0.39 is 44.1 Å². The number of rotatable bonds is 5. The summed E-state index contributed by atoms with van der Waals surface area (Å²) in [5.41, 5.74) is -2.29. The van der Waals surface area contributed by atoms with Crippen molar-refractivity contribution >= 4 is 14.6 Å². The molecule has 8 nitrogen and oxygen atoms in total. The van der Waals surface area contributed by atoms with Gasteiger partial charge in [0.2, 0.25) is 0 Å². The lowest BCUT2D eigenvalue weighted by Crippen LogP contribution is -2.53. The van der Waals surface area contributed by atoms with Crippen molar-refractivity contribution in [1.29, 1.82) is 0 Å². The predicted octanol–water partition coefficient (Wildman–Crippen LogP) is 1.08. The Labute approximate surface area is 153 Å². The van der Waals surface area contributed by atoms with Crippen molar-refractivity contribution in [3.63, 3.8) is 0 Å². The number of hydrogen-bond acceptors (Lipinski definition) is 6. The first-order chi connectivity index (χ1) is 11.9. The van der Waals surface area contributed by atoms with Gasteiger partial charge in [0.1, 0.15) is 6.23 Å². The van der Waals surface area contributed by atoms with E-state index >= 15 is 0 Å². The maximum absolute atomic E-state index is 12.2. The van der Waals surface area contributed by atoms with Crippen LogP contribution in [0.15, 0.2) is 15.8 Å². The van der Waals surface area contributed by atoms with Crippen LogP contribution < -0.4 is 11.2 Å². The molecule has 3 atom stereocenters. The summed E-state index contributed by atoms with van der Waals surface area (Å²) in [6.07, 6.45) is 0.666. The molecule has 1 aliphatic rings. The fourth-order valence-corrected chi connectivity index (χ4v) is 4.05. The predicted molar refractivity (Wildman–Crippen MR) is 98.7 cm³/mol. The number of aromatic amines is 1. The molecular formula is C17H28N2O6Si. The number of ether oxygens (including phenoxy) is 1. The first-order valence-electron chi connectivity index (χ1n) is 8.62. The molecule has 146 valence electrons. The molecule has 0 bridgehead atoms. The maximum atomic E-state index is 12.2. The highest BCUT2D eigenvalue weighted by Crippen LogP contribution is 2.43. The number of hydrogen-bond donors (Lipinski definition) is 2. The van der Waals surface area contributed by atoms with E-state index in [0.717, 1.165) is 0 Å². The third-order valence-electron chi connectivity index (χ3n) is 5.46. The van der Waals surface area contributed by atoms with Crippen molar-refractivity contribution in [2.45, 2.75) is 70.2 Å². The molecular weight excluding hydrogens is 356 g/mol. The van der Waals surface area contributed by atoms with Gasteiger partial charge in [-0.2, -0.15) is 0 Å². The average Bonchev–Trinajstić information content (AvgIpc) is 2.88. The molecule has 9 heteroatoms. The standard InChI is InChI=1S/C17H28N2O6Si/c1-11-8-19(15(23)18-14(11)22)13-7-12(17(9-20,10-21)24-13)25-26(5,6)16(2,3)4/h8-9,12-13,21H,7,10H2,1-6H3,(H,18,22,23)/t12-,13+,17+/m0/s1. The summed E-state index contributed by atoms with van der Waals surface area (Å²) in [6.45, 7) is 11.3. The molecule has 2 N–H and O–H groups in total. The number of aryl methyl sites for hydroxylation is 1. The Kier molecular flexibility index (Phi) is 5.49. The molecule has 26 heavy (non-hydrogen) atoms. The Morgan fingerprint density at radius 3 is 2.58 bits per heavy atom. The lowest BCUT2D eigenvalue weighted by atomic mass is 10.00. The monoisotopic (exact) mass is 384 g/mol. The van der Waals surface area contributed by atoms with E-state index in [2.05, 4.69) is 25.8 Å². The molecule has 1 aromatic rings. The van der Waals surface area contributed by atoms with E-state index in [-0.39, 0.29) is 11.5 Å². The van der Waals surface area contributed by atoms with Crippen molar-refractivity contribution in [3.8, 4) is 0 Å². The quantitative estimate of drug-likeness (QED) is 0.581. The summed E-state index contributed by atoms with van der Waals surface area (Å²) in [4.78, 5) is 37.8. The summed E-state index contributed by atoms with van der Waals surface area (Å²) in [6, 6.07) is 0. The van der Waals surface area contributed by atoms with Crippen LogP contribution in [0.1, 0.15) is 39.0 Å². The van der Waals surface area contributed by atoms with Gasteiger partial charge in [-0.25, -0.2) is 4.79 Å². The molecule has 0 aliphatic carbocycles.